The number of para-hydroxylation sites is 1. The number of Topliss-reactive ketones (excluding diaryl/α,β-unsaturated/α-hetero) is 1. The van der Waals surface area contributed by atoms with Crippen LogP contribution < -0.4 is 15.6 Å². The Morgan fingerprint density at radius 1 is 1.03 bits per heavy atom. The molecule has 0 aliphatic carbocycles. The van der Waals surface area contributed by atoms with Crippen LogP contribution in [0.2, 0.25) is 0 Å². The van der Waals surface area contributed by atoms with E-state index >= 15 is 0 Å². The second-order valence-corrected chi connectivity index (χ2v) is 6.97. The molecule has 1 aliphatic heterocycles. The number of ketones is 1. The van der Waals surface area contributed by atoms with Gasteiger partial charge >= 0.3 is 0 Å². The molecule has 0 saturated heterocycles. The highest BCUT2D eigenvalue weighted by molar-refractivity contribution is 6.40. The summed E-state index contributed by atoms with van der Waals surface area (Å²) in [4.78, 5) is 36.3. The number of anilines is 1. The first-order valence-electron chi connectivity index (χ1n) is 9.65. The molecule has 0 saturated carbocycles. The van der Waals surface area contributed by atoms with Crippen molar-refractivity contribution in [3.8, 4) is 0 Å². The first kappa shape index (κ1) is 21.2. The number of carbonyl (C=O) groups is 3. The van der Waals surface area contributed by atoms with Crippen LogP contribution in [-0.4, -0.2) is 42.4 Å². The van der Waals surface area contributed by atoms with Gasteiger partial charge in [0.05, 0.1) is 12.1 Å². The van der Waals surface area contributed by atoms with E-state index in [-0.39, 0.29) is 55.1 Å². The van der Waals surface area contributed by atoms with E-state index in [0.717, 1.165) is 5.69 Å². The molecular weight excluding hydrogens is 387 g/mol. The molecule has 8 heteroatoms. The summed E-state index contributed by atoms with van der Waals surface area (Å²) in [5.74, 6) is -1.01. The lowest BCUT2D eigenvalue weighted by Gasteiger charge is -2.20. The summed E-state index contributed by atoms with van der Waals surface area (Å²) in [5.41, 5.74) is 1.72. The Hall–Kier alpha value is -3.55. The quantitative estimate of drug-likeness (QED) is 0.650. The zero-order valence-corrected chi connectivity index (χ0v) is 16.6. The van der Waals surface area contributed by atoms with Crippen LogP contribution in [0.5, 0.6) is 0 Å². The molecule has 1 unspecified atom stereocenters. The van der Waals surface area contributed by atoms with E-state index in [1.54, 1.807) is 17.1 Å². The van der Waals surface area contributed by atoms with Gasteiger partial charge in [-0.25, -0.2) is 4.39 Å². The molecule has 1 atom stereocenters. The molecule has 7 nitrogen and oxygen atoms in total. The summed E-state index contributed by atoms with van der Waals surface area (Å²) in [5, 5.41) is 11.3. The van der Waals surface area contributed by atoms with Gasteiger partial charge in [0.1, 0.15) is 17.6 Å². The van der Waals surface area contributed by atoms with Gasteiger partial charge in [-0.1, -0.05) is 30.3 Å². The average Bonchev–Trinajstić information content (AvgIpc) is 3.19. The standard InChI is InChI=1S/C22H23FN4O3/c1-15(28)20-14-19(26-27(20)18-5-3-2-4-6-18)22(30)25-12-11-24-21(29)13-16-7-9-17(23)10-8-16/h2-10,20H,11-14H2,1H3,(H,24,29)(H,25,30). The van der Waals surface area contributed by atoms with Gasteiger partial charge in [0.15, 0.2) is 5.78 Å². The minimum absolute atomic E-state index is 0.0709. The fraction of sp³-hybridized carbons (Fsp3) is 0.273. The summed E-state index contributed by atoms with van der Waals surface area (Å²) in [6, 6.07) is 14.4. The number of halogens is 1. The van der Waals surface area contributed by atoms with E-state index in [1.807, 2.05) is 30.3 Å². The fourth-order valence-corrected chi connectivity index (χ4v) is 3.11. The summed E-state index contributed by atoms with van der Waals surface area (Å²) >= 11 is 0. The Morgan fingerprint density at radius 2 is 1.70 bits per heavy atom. The Morgan fingerprint density at radius 3 is 2.37 bits per heavy atom. The van der Waals surface area contributed by atoms with Crippen molar-refractivity contribution in [3.63, 3.8) is 0 Å². The van der Waals surface area contributed by atoms with Crippen LogP contribution in [0, 0.1) is 5.82 Å². The SMILES string of the molecule is CC(=O)C1CC(C(=O)NCCNC(=O)Cc2ccc(F)cc2)=NN1c1ccccc1. The first-order chi connectivity index (χ1) is 14.4. The van der Waals surface area contributed by atoms with E-state index in [4.69, 9.17) is 0 Å². The third kappa shape index (κ3) is 5.50. The van der Waals surface area contributed by atoms with Gasteiger partial charge < -0.3 is 10.6 Å². The molecule has 2 aromatic rings. The molecule has 0 fully saturated rings. The van der Waals surface area contributed by atoms with Crippen LogP contribution in [0.4, 0.5) is 10.1 Å². The monoisotopic (exact) mass is 410 g/mol. The summed E-state index contributed by atoms with van der Waals surface area (Å²) in [6.07, 6.45) is 0.361. The molecule has 2 aromatic carbocycles. The summed E-state index contributed by atoms with van der Waals surface area (Å²) in [6.45, 7) is 1.95. The van der Waals surface area contributed by atoms with E-state index in [0.29, 0.717) is 5.56 Å². The summed E-state index contributed by atoms with van der Waals surface area (Å²) in [7, 11) is 0. The van der Waals surface area contributed by atoms with Crippen LogP contribution in [0.15, 0.2) is 59.7 Å². The molecule has 0 aromatic heterocycles. The van der Waals surface area contributed by atoms with Crippen molar-refractivity contribution in [1.82, 2.24) is 10.6 Å². The van der Waals surface area contributed by atoms with E-state index in [2.05, 4.69) is 15.7 Å². The Bertz CT molecular complexity index is 945. The maximum Gasteiger partial charge on any atom is 0.267 e. The second kappa shape index (κ2) is 9.78. The number of nitrogens with zero attached hydrogens (tertiary/aromatic N) is 2. The third-order valence-corrected chi connectivity index (χ3v) is 4.67. The van der Waals surface area contributed by atoms with Gasteiger partial charge in [0.25, 0.3) is 5.91 Å². The zero-order chi connectivity index (χ0) is 21.5. The minimum atomic E-state index is -0.511. The molecule has 1 aliphatic rings. The number of hydrogen-bond donors (Lipinski definition) is 2. The van der Waals surface area contributed by atoms with Gasteiger partial charge in [0, 0.05) is 19.5 Å². The van der Waals surface area contributed by atoms with Gasteiger partial charge in [-0.3, -0.25) is 19.4 Å². The van der Waals surface area contributed by atoms with Crippen LogP contribution in [0.1, 0.15) is 18.9 Å². The molecule has 1 heterocycles. The van der Waals surface area contributed by atoms with E-state index < -0.39 is 6.04 Å². The largest absolute Gasteiger partial charge is 0.354 e. The van der Waals surface area contributed by atoms with Crippen molar-refractivity contribution >= 4 is 29.0 Å². The number of carbonyl (C=O) groups excluding carboxylic acids is 3. The third-order valence-electron chi connectivity index (χ3n) is 4.67. The number of hydrogen-bond acceptors (Lipinski definition) is 5. The zero-order valence-electron chi connectivity index (χ0n) is 16.6. The predicted molar refractivity (Wildman–Crippen MR) is 112 cm³/mol. The van der Waals surface area contributed by atoms with Gasteiger partial charge in [0.2, 0.25) is 5.91 Å². The lowest BCUT2D eigenvalue weighted by atomic mass is 10.1. The Balaban J connectivity index is 1.48. The minimum Gasteiger partial charge on any atom is -0.354 e. The Labute approximate surface area is 174 Å². The van der Waals surface area contributed by atoms with E-state index in [9.17, 15) is 18.8 Å². The maximum absolute atomic E-state index is 12.9. The van der Waals surface area contributed by atoms with Crippen molar-refractivity contribution in [2.45, 2.75) is 25.8 Å². The first-order valence-corrected chi connectivity index (χ1v) is 9.65. The van der Waals surface area contributed by atoms with Crippen LogP contribution in [-0.2, 0) is 20.8 Å². The predicted octanol–water partition coefficient (Wildman–Crippen LogP) is 1.82. The smallest absolute Gasteiger partial charge is 0.267 e. The average molecular weight is 410 g/mol. The topological polar surface area (TPSA) is 90.9 Å². The maximum atomic E-state index is 12.9. The molecule has 2 N–H and O–H groups in total. The summed E-state index contributed by atoms with van der Waals surface area (Å²) < 4.78 is 12.9. The van der Waals surface area contributed by atoms with Crippen molar-refractivity contribution in [2.24, 2.45) is 5.10 Å². The number of amides is 2. The molecule has 0 bridgehead atoms. The highest BCUT2D eigenvalue weighted by Crippen LogP contribution is 2.24. The fourth-order valence-electron chi connectivity index (χ4n) is 3.11. The van der Waals surface area contributed by atoms with E-state index in [1.165, 1.54) is 19.1 Å². The number of nitrogens with one attached hydrogen (secondary N) is 2. The molecule has 2 amide bonds. The molecule has 3 rings (SSSR count). The normalized spacial score (nSPS) is 15.5. The number of benzene rings is 2. The number of hydrazone groups is 1. The lowest BCUT2D eigenvalue weighted by Crippen LogP contribution is -2.38. The molecule has 0 radical (unpaired) electrons. The molecule has 30 heavy (non-hydrogen) atoms. The molecule has 156 valence electrons. The number of rotatable bonds is 8. The molecule has 0 spiro atoms. The lowest BCUT2D eigenvalue weighted by molar-refractivity contribution is -0.121. The Kier molecular flexibility index (Phi) is 6.90. The van der Waals surface area contributed by atoms with Crippen molar-refractivity contribution in [2.75, 3.05) is 18.1 Å². The second-order valence-electron chi connectivity index (χ2n) is 6.97. The van der Waals surface area contributed by atoms with Crippen LogP contribution in [0.25, 0.3) is 0 Å². The van der Waals surface area contributed by atoms with Crippen LogP contribution >= 0.6 is 0 Å². The van der Waals surface area contributed by atoms with Crippen molar-refractivity contribution < 1.29 is 18.8 Å². The highest BCUT2D eigenvalue weighted by atomic mass is 19.1. The van der Waals surface area contributed by atoms with Crippen LogP contribution in [0.3, 0.4) is 0 Å². The van der Waals surface area contributed by atoms with Gasteiger partial charge in [-0.2, -0.15) is 5.10 Å². The van der Waals surface area contributed by atoms with Gasteiger partial charge in [-0.15, -0.1) is 0 Å². The van der Waals surface area contributed by atoms with Crippen molar-refractivity contribution in [1.29, 1.82) is 0 Å². The van der Waals surface area contributed by atoms with Gasteiger partial charge in [-0.05, 0) is 36.8 Å². The highest BCUT2D eigenvalue weighted by Gasteiger charge is 2.33. The van der Waals surface area contributed by atoms with Crippen molar-refractivity contribution in [3.05, 3.63) is 66.0 Å². The molecular formula is C22H23FN4O3.